The Labute approximate surface area is 141 Å². The lowest BCUT2D eigenvalue weighted by Crippen LogP contribution is -2.35. The molecule has 0 saturated carbocycles. The van der Waals surface area contributed by atoms with Crippen LogP contribution in [0.15, 0.2) is 72.8 Å². The van der Waals surface area contributed by atoms with Crippen LogP contribution >= 0.6 is 0 Å². The van der Waals surface area contributed by atoms with E-state index in [-0.39, 0.29) is 6.10 Å². The molecule has 0 aromatic heterocycles. The van der Waals surface area contributed by atoms with Crippen molar-refractivity contribution in [2.75, 3.05) is 13.2 Å². The molecule has 24 heavy (non-hydrogen) atoms. The van der Waals surface area contributed by atoms with Gasteiger partial charge in [0, 0.05) is 12.1 Å². The second kappa shape index (κ2) is 6.38. The monoisotopic (exact) mass is 317 g/mol. The molecule has 4 rings (SSSR count). The van der Waals surface area contributed by atoms with Gasteiger partial charge < -0.3 is 15.2 Å². The Kier molecular flexibility index (Phi) is 3.93. The first-order valence-electron chi connectivity index (χ1n) is 8.14. The highest BCUT2D eigenvalue weighted by Gasteiger charge is 2.24. The molecular formula is C21H19NO2. The molecule has 120 valence electrons. The molecule has 0 unspecified atom stereocenters. The summed E-state index contributed by atoms with van der Waals surface area (Å²) < 4.78 is 11.9. The van der Waals surface area contributed by atoms with Crippen LogP contribution in [0.25, 0.3) is 22.3 Å². The van der Waals surface area contributed by atoms with Crippen molar-refractivity contribution in [3.8, 4) is 33.8 Å². The summed E-state index contributed by atoms with van der Waals surface area (Å²) in [7, 11) is 0. The van der Waals surface area contributed by atoms with Gasteiger partial charge in [0.05, 0.1) is 0 Å². The molecule has 0 fully saturated rings. The summed E-state index contributed by atoms with van der Waals surface area (Å²) in [6, 6.07) is 24.7. The zero-order valence-electron chi connectivity index (χ0n) is 13.3. The minimum absolute atomic E-state index is 0.109. The highest BCUT2D eigenvalue weighted by Crippen LogP contribution is 2.43. The van der Waals surface area contributed by atoms with Crippen molar-refractivity contribution in [2.45, 2.75) is 6.10 Å². The van der Waals surface area contributed by atoms with Crippen molar-refractivity contribution < 1.29 is 9.47 Å². The Hall–Kier alpha value is -2.78. The van der Waals surface area contributed by atoms with Gasteiger partial charge in [0.1, 0.15) is 12.7 Å². The van der Waals surface area contributed by atoms with Crippen molar-refractivity contribution in [3.63, 3.8) is 0 Å². The van der Waals surface area contributed by atoms with Crippen LogP contribution in [0.3, 0.4) is 0 Å². The van der Waals surface area contributed by atoms with Gasteiger partial charge in [-0.05, 0) is 22.8 Å². The van der Waals surface area contributed by atoms with Crippen LogP contribution in [0, 0.1) is 0 Å². The summed E-state index contributed by atoms with van der Waals surface area (Å²) in [5.74, 6) is 1.56. The van der Waals surface area contributed by atoms with Crippen LogP contribution in [-0.4, -0.2) is 19.3 Å². The largest absolute Gasteiger partial charge is 0.486 e. The average molecular weight is 317 g/mol. The summed E-state index contributed by atoms with van der Waals surface area (Å²) in [5, 5.41) is 0. The first kappa shape index (κ1) is 14.8. The van der Waals surface area contributed by atoms with Crippen LogP contribution in [0.2, 0.25) is 0 Å². The van der Waals surface area contributed by atoms with E-state index in [0.29, 0.717) is 13.2 Å². The van der Waals surface area contributed by atoms with E-state index in [1.807, 2.05) is 24.3 Å². The van der Waals surface area contributed by atoms with Gasteiger partial charge in [-0.15, -0.1) is 0 Å². The van der Waals surface area contributed by atoms with E-state index < -0.39 is 0 Å². The number of hydrogen-bond donors (Lipinski definition) is 1. The van der Waals surface area contributed by atoms with Crippen LogP contribution in [0.5, 0.6) is 11.5 Å². The Morgan fingerprint density at radius 3 is 2.29 bits per heavy atom. The van der Waals surface area contributed by atoms with Gasteiger partial charge in [-0.3, -0.25) is 0 Å². The molecule has 0 radical (unpaired) electrons. The van der Waals surface area contributed by atoms with E-state index in [1.54, 1.807) is 0 Å². The lowest BCUT2D eigenvalue weighted by atomic mass is 9.94. The van der Waals surface area contributed by atoms with Gasteiger partial charge in [-0.25, -0.2) is 0 Å². The molecule has 1 aliphatic rings. The predicted molar refractivity (Wildman–Crippen MR) is 96.3 cm³/mol. The number of ether oxygens (including phenoxy) is 2. The third-order valence-electron chi connectivity index (χ3n) is 4.25. The molecule has 0 aliphatic carbocycles. The zero-order valence-corrected chi connectivity index (χ0v) is 13.3. The van der Waals surface area contributed by atoms with Crippen molar-refractivity contribution in [2.24, 2.45) is 5.73 Å². The number of benzene rings is 3. The van der Waals surface area contributed by atoms with E-state index >= 15 is 0 Å². The van der Waals surface area contributed by atoms with Crippen LogP contribution < -0.4 is 15.2 Å². The molecule has 1 atom stereocenters. The summed E-state index contributed by atoms with van der Waals surface area (Å²) in [5.41, 5.74) is 10.3. The number of fused-ring (bicyclic) bond motifs is 1. The van der Waals surface area contributed by atoms with Crippen LogP contribution in [0.4, 0.5) is 0 Å². The molecule has 3 aromatic rings. The maximum absolute atomic E-state index is 6.11. The molecule has 3 nitrogen and oxygen atoms in total. The van der Waals surface area contributed by atoms with Gasteiger partial charge in [0.15, 0.2) is 11.5 Å². The second-order valence-corrected chi connectivity index (χ2v) is 5.83. The van der Waals surface area contributed by atoms with E-state index in [4.69, 9.17) is 15.2 Å². The van der Waals surface area contributed by atoms with Crippen molar-refractivity contribution >= 4 is 0 Å². The lowest BCUT2D eigenvalue weighted by Gasteiger charge is -2.27. The molecule has 1 heterocycles. The SMILES string of the molecule is NC[C@H]1COc2cccc(-c3ccccc3-c3ccccc3)c2O1. The summed E-state index contributed by atoms with van der Waals surface area (Å²) in [6.07, 6.45) is -0.109. The second-order valence-electron chi connectivity index (χ2n) is 5.83. The van der Waals surface area contributed by atoms with Gasteiger partial charge in [-0.2, -0.15) is 0 Å². The summed E-state index contributed by atoms with van der Waals surface area (Å²) in [6.45, 7) is 0.932. The molecule has 0 spiro atoms. The quantitative estimate of drug-likeness (QED) is 0.790. The number of hydrogen-bond acceptors (Lipinski definition) is 3. The molecule has 3 aromatic carbocycles. The molecular weight excluding hydrogens is 298 g/mol. The predicted octanol–water partition coefficient (Wildman–Crippen LogP) is 4.12. The molecule has 3 heteroatoms. The highest BCUT2D eigenvalue weighted by molar-refractivity contribution is 5.87. The maximum Gasteiger partial charge on any atom is 0.169 e. The maximum atomic E-state index is 6.11. The smallest absolute Gasteiger partial charge is 0.169 e. The van der Waals surface area contributed by atoms with Gasteiger partial charge in [0.2, 0.25) is 0 Å². The van der Waals surface area contributed by atoms with E-state index in [2.05, 4.69) is 48.5 Å². The van der Waals surface area contributed by atoms with E-state index in [1.165, 1.54) is 11.1 Å². The third-order valence-corrected chi connectivity index (χ3v) is 4.25. The summed E-state index contributed by atoms with van der Waals surface area (Å²) >= 11 is 0. The fraction of sp³-hybridized carbons (Fsp3) is 0.143. The Morgan fingerprint density at radius 1 is 0.792 bits per heavy atom. The van der Waals surface area contributed by atoms with Gasteiger partial charge in [0.25, 0.3) is 0 Å². The molecule has 0 amide bonds. The third kappa shape index (κ3) is 2.63. The number of para-hydroxylation sites is 1. The molecule has 2 N–H and O–H groups in total. The van der Waals surface area contributed by atoms with E-state index in [9.17, 15) is 0 Å². The first-order chi connectivity index (χ1) is 11.9. The Balaban J connectivity index is 1.87. The zero-order chi connectivity index (χ0) is 16.4. The van der Waals surface area contributed by atoms with Gasteiger partial charge >= 0.3 is 0 Å². The van der Waals surface area contributed by atoms with E-state index in [0.717, 1.165) is 22.6 Å². The van der Waals surface area contributed by atoms with Crippen LogP contribution in [-0.2, 0) is 0 Å². The van der Waals surface area contributed by atoms with Crippen molar-refractivity contribution in [3.05, 3.63) is 72.8 Å². The summed E-state index contributed by atoms with van der Waals surface area (Å²) in [4.78, 5) is 0. The Morgan fingerprint density at radius 2 is 1.50 bits per heavy atom. The number of rotatable bonds is 3. The standard InChI is InChI=1S/C21H19NO2/c22-13-16-14-23-20-12-6-11-19(21(20)24-16)18-10-5-4-9-17(18)15-7-2-1-3-8-15/h1-12,16H,13-14,22H2/t16-/m0/s1. The van der Waals surface area contributed by atoms with Crippen molar-refractivity contribution in [1.82, 2.24) is 0 Å². The molecule has 0 saturated heterocycles. The molecule has 1 aliphatic heterocycles. The fourth-order valence-corrected chi connectivity index (χ4v) is 3.05. The normalized spacial score (nSPS) is 16.0. The lowest BCUT2D eigenvalue weighted by molar-refractivity contribution is 0.0976. The van der Waals surface area contributed by atoms with Gasteiger partial charge in [-0.1, -0.05) is 66.7 Å². The minimum atomic E-state index is -0.109. The Bertz CT molecular complexity index is 845. The first-order valence-corrected chi connectivity index (χ1v) is 8.14. The average Bonchev–Trinajstić information content (AvgIpc) is 2.68. The van der Waals surface area contributed by atoms with Crippen LogP contribution in [0.1, 0.15) is 0 Å². The minimum Gasteiger partial charge on any atom is -0.486 e. The molecule has 0 bridgehead atoms. The number of nitrogens with two attached hydrogens (primary N) is 1. The fourth-order valence-electron chi connectivity index (χ4n) is 3.05. The van der Waals surface area contributed by atoms with Crippen molar-refractivity contribution in [1.29, 1.82) is 0 Å². The highest BCUT2D eigenvalue weighted by atomic mass is 16.6. The topological polar surface area (TPSA) is 44.5 Å².